The van der Waals surface area contributed by atoms with Crippen molar-refractivity contribution >= 4 is 5.97 Å². The first kappa shape index (κ1) is 14.9. The third-order valence-electron chi connectivity index (χ3n) is 3.50. The van der Waals surface area contributed by atoms with Crippen molar-refractivity contribution in [3.63, 3.8) is 0 Å². The van der Waals surface area contributed by atoms with E-state index in [9.17, 15) is 18.7 Å². The topological polar surface area (TPSA) is 37.3 Å². The second-order valence-corrected chi connectivity index (χ2v) is 5.12. The monoisotopic (exact) mass is 310 g/mol. The fourth-order valence-corrected chi connectivity index (χ4v) is 2.42. The summed E-state index contributed by atoms with van der Waals surface area (Å²) in [5.74, 6) is -1.91. The fraction of sp³-hybridized carbons (Fsp3) is 0. The zero-order valence-corrected chi connectivity index (χ0v) is 12.0. The van der Waals surface area contributed by atoms with Crippen LogP contribution in [0.15, 0.2) is 66.7 Å². The van der Waals surface area contributed by atoms with Gasteiger partial charge in [-0.25, -0.2) is 13.6 Å². The Morgan fingerprint density at radius 3 is 1.57 bits per heavy atom. The summed E-state index contributed by atoms with van der Waals surface area (Å²) in [7, 11) is 0. The van der Waals surface area contributed by atoms with Gasteiger partial charge in [-0.1, -0.05) is 24.3 Å². The minimum atomic E-state index is -1.10. The highest BCUT2D eigenvalue weighted by molar-refractivity contribution is 5.92. The van der Waals surface area contributed by atoms with Crippen LogP contribution < -0.4 is 0 Å². The van der Waals surface area contributed by atoms with Gasteiger partial charge in [0.2, 0.25) is 0 Å². The zero-order chi connectivity index (χ0) is 16.4. The van der Waals surface area contributed by atoms with E-state index in [0.29, 0.717) is 22.3 Å². The van der Waals surface area contributed by atoms with E-state index < -0.39 is 17.6 Å². The maximum Gasteiger partial charge on any atom is 0.335 e. The molecular weight excluding hydrogens is 298 g/mol. The van der Waals surface area contributed by atoms with Crippen molar-refractivity contribution in [3.8, 4) is 22.3 Å². The molecule has 0 saturated carbocycles. The number of benzene rings is 3. The minimum Gasteiger partial charge on any atom is -0.478 e. The summed E-state index contributed by atoms with van der Waals surface area (Å²) < 4.78 is 26.8. The van der Waals surface area contributed by atoms with Crippen molar-refractivity contribution in [2.75, 3.05) is 0 Å². The number of rotatable bonds is 3. The maximum absolute atomic E-state index is 13.4. The molecule has 0 unspecified atom stereocenters. The Morgan fingerprint density at radius 2 is 1.17 bits per heavy atom. The molecule has 0 aliphatic carbocycles. The fourth-order valence-electron chi connectivity index (χ4n) is 2.42. The molecule has 114 valence electrons. The summed E-state index contributed by atoms with van der Waals surface area (Å²) in [6.07, 6.45) is 0. The van der Waals surface area contributed by atoms with E-state index in [1.165, 1.54) is 36.4 Å². The van der Waals surface area contributed by atoms with Crippen molar-refractivity contribution < 1.29 is 18.7 Å². The van der Waals surface area contributed by atoms with E-state index in [4.69, 9.17) is 0 Å². The van der Waals surface area contributed by atoms with Gasteiger partial charge in [0.15, 0.2) is 0 Å². The van der Waals surface area contributed by atoms with Crippen molar-refractivity contribution in [3.05, 3.63) is 83.9 Å². The molecule has 0 spiro atoms. The molecule has 1 N–H and O–H groups in total. The maximum atomic E-state index is 13.4. The molecule has 0 heterocycles. The van der Waals surface area contributed by atoms with Crippen LogP contribution in [-0.4, -0.2) is 11.1 Å². The average Bonchev–Trinajstić information content (AvgIpc) is 2.54. The Balaban J connectivity index is 2.19. The van der Waals surface area contributed by atoms with Gasteiger partial charge in [-0.3, -0.25) is 0 Å². The van der Waals surface area contributed by atoms with Gasteiger partial charge in [0.25, 0.3) is 0 Å². The van der Waals surface area contributed by atoms with Crippen LogP contribution in [0, 0.1) is 11.6 Å². The molecule has 3 aromatic rings. The third-order valence-corrected chi connectivity index (χ3v) is 3.50. The number of carboxylic acids is 1. The molecular formula is C19H12F2O2. The van der Waals surface area contributed by atoms with E-state index >= 15 is 0 Å². The molecule has 3 aromatic carbocycles. The van der Waals surface area contributed by atoms with Crippen LogP contribution >= 0.6 is 0 Å². The van der Waals surface area contributed by atoms with Gasteiger partial charge in [-0.15, -0.1) is 0 Å². The molecule has 3 rings (SSSR count). The lowest BCUT2D eigenvalue weighted by atomic mass is 9.96. The van der Waals surface area contributed by atoms with Crippen molar-refractivity contribution in [2.45, 2.75) is 0 Å². The summed E-state index contributed by atoms with van der Waals surface area (Å²) in [4.78, 5) is 11.4. The molecule has 23 heavy (non-hydrogen) atoms. The molecule has 0 aliphatic heterocycles. The highest BCUT2D eigenvalue weighted by atomic mass is 19.1. The summed E-state index contributed by atoms with van der Waals surface area (Å²) in [6, 6.07) is 16.5. The lowest BCUT2D eigenvalue weighted by molar-refractivity contribution is 0.0697. The molecule has 4 heteroatoms. The van der Waals surface area contributed by atoms with E-state index in [1.807, 2.05) is 0 Å². The Morgan fingerprint density at radius 1 is 0.696 bits per heavy atom. The second kappa shape index (κ2) is 6.01. The summed E-state index contributed by atoms with van der Waals surface area (Å²) in [5, 5.41) is 9.29. The molecule has 0 amide bonds. The first-order valence-corrected chi connectivity index (χ1v) is 6.93. The van der Waals surface area contributed by atoms with Crippen LogP contribution in [0.4, 0.5) is 8.78 Å². The van der Waals surface area contributed by atoms with Crippen LogP contribution in [-0.2, 0) is 0 Å². The van der Waals surface area contributed by atoms with E-state index in [0.717, 1.165) is 0 Å². The van der Waals surface area contributed by atoms with E-state index in [1.54, 1.807) is 30.3 Å². The van der Waals surface area contributed by atoms with Crippen molar-refractivity contribution in [2.24, 2.45) is 0 Å². The number of aromatic carboxylic acids is 1. The molecule has 0 radical (unpaired) electrons. The number of carbonyl (C=O) groups is 1. The van der Waals surface area contributed by atoms with Gasteiger partial charge in [0, 0.05) is 0 Å². The van der Waals surface area contributed by atoms with Gasteiger partial charge in [0.05, 0.1) is 5.56 Å². The molecule has 0 atom stereocenters. The second-order valence-electron chi connectivity index (χ2n) is 5.12. The lowest BCUT2D eigenvalue weighted by Crippen LogP contribution is -1.97. The van der Waals surface area contributed by atoms with E-state index in [2.05, 4.69) is 0 Å². The normalized spacial score (nSPS) is 10.5. The quantitative estimate of drug-likeness (QED) is 0.739. The predicted octanol–water partition coefficient (Wildman–Crippen LogP) is 5.00. The molecule has 0 aromatic heterocycles. The first-order chi connectivity index (χ1) is 11.0. The Kier molecular flexibility index (Phi) is 3.89. The number of hydrogen-bond acceptors (Lipinski definition) is 1. The summed E-state index contributed by atoms with van der Waals surface area (Å²) >= 11 is 0. The summed E-state index contributed by atoms with van der Waals surface area (Å²) in [5.41, 5.74) is 2.30. The average molecular weight is 310 g/mol. The highest BCUT2D eigenvalue weighted by Gasteiger charge is 2.10. The molecule has 0 aliphatic rings. The van der Waals surface area contributed by atoms with E-state index in [-0.39, 0.29) is 5.56 Å². The largest absolute Gasteiger partial charge is 0.478 e. The standard InChI is InChI=1S/C19H12F2O2/c20-17-5-1-3-12(10-17)14-7-15(9-16(8-14)19(22)23)13-4-2-6-18(21)11-13/h1-11H,(H,22,23). The number of hydrogen-bond donors (Lipinski definition) is 1. The van der Waals surface area contributed by atoms with Gasteiger partial charge in [-0.2, -0.15) is 0 Å². The van der Waals surface area contributed by atoms with Gasteiger partial charge in [0.1, 0.15) is 11.6 Å². The predicted molar refractivity (Wildman–Crippen MR) is 84.2 cm³/mol. The number of halogens is 2. The molecule has 0 fully saturated rings. The first-order valence-electron chi connectivity index (χ1n) is 6.93. The Hall–Kier alpha value is -3.01. The molecule has 0 bridgehead atoms. The van der Waals surface area contributed by atoms with Crippen LogP contribution in [0.1, 0.15) is 10.4 Å². The zero-order valence-electron chi connectivity index (χ0n) is 12.0. The summed E-state index contributed by atoms with van der Waals surface area (Å²) in [6.45, 7) is 0. The van der Waals surface area contributed by atoms with Crippen molar-refractivity contribution in [1.82, 2.24) is 0 Å². The lowest BCUT2D eigenvalue weighted by Gasteiger charge is -2.09. The Labute approximate surface area is 131 Å². The van der Waals surface area contributed by atoms with Crippen molar-refractivity contribution in [1.29, 1.82) is 0 Å². The van der Waals surface area contributed by atoms with Gasteiger partial charge >= 0.3 is 5.97 Å². The molecule has 2 nitrogen and oxygen atoms in total. The van der Waals surface area contributed by atoms with Crippen LogP contribution in [0.5, 0.6) is 0 Å². The van der Waals surface area contributed by atoms with Crippen LogP contribution in [0.3, 0.4) is 0 Å². The minimum absolute atomic E-state index is 0.0611. The van der Waals surface area contributed by atoms with Gasteiger partial charge in [-0.05, 0) is 64.7 Å². The van der Waals surface area contributed by atoms with Crippen LogP contribution in [0.25, 0.3) is 22.3 Å². The Bertz CT molecular complexity index is 824. The highest BCUT2D eigenvalue weighted by Crippen LogP contribution is 2.29. The van der Waals surface area contributed by atoms with Crippen LogP contribution in [0.2, 0.25) is 0 Å². The smallest absolute Gasteiger partial charge is 0.335 e. The number of carboxylic acid groups (broad SMARTS) is 1. The third kappa shape index (κ3) is 3.26. The molecule has 0 saturated heterocycles. The van der Waals surface area contributed by atoms with Gasteiger partial charge < -0.3 is 5.11 Å². The SMILES string of the molecule is O=C(O)c1cc(-c2cccc(F)c2)cc(-c2cccc(F)c2)c1.